The maximum absolute atomic E-state index is 12.8. The van der Waals surface area contributed by atoms with Gasteiger partial charge in [-0.3, -0.25) is 9.59 Å². The Kier molecular flexibility index (Phi) is 5.96. The number of nitrogens with zero attached hydrogens (tertiary/aromatic N) is 1. The van der Waals surface area contributed by atoms with Crippen LogP contribution in [0.2, 0.25) is 0 Å². The number of carbonyl (C=O) groups is 2. The van der Waals surface area contributed by atoms with E-state index >= 15 is 0 Å². The highest BCUT2D eigenvalue weighted by Gasteiger charge is 2.30. The number of fused-ring (bicyclic) bond motifs is 1. The molecule has 0 aliphatic carbocycles. The molecule has 2 aromatic rings. The summed E-state index contributed by atoms with van der Waals surface area (Å²) >= 11 is 0. The van der Waals surface area contributed by atoms with Gasteiger partial charge in [0.05, 0.1) is 0 Å². The Labute approximate surface area is 155 Å². The monoisotopic (exact) mass is 355 g/mol. The molecular formula is C21H29N3O2. The van der Waals surface area contributed by atoms with Gasteiger partial charge in [-0.05, 0) is 37.3 Å². The van der Waals surface area contributed by atoms with Crippen molar-refractivity contribution in [3.63, 3.8) is 0 Å². The lowest BCUT2D eigenvalue weighted by molar-refractivity contribution is -0.126. The number of carbonyl (C=O) groups excluding carboxylic acids is 2. The van der Waals surface area contributed by atoms with Crippen LogP contribution in [0.3, 0.4) is 0 Å². The maximum Gasteiger partial charge on any atom is 0.270 e. The zero-order valence-corrected chi connectivity index (χ0v) is 15.8. The van der Waals surface area contributed by atoms with Gasteiger partial charge in [0.2, 0.25) is 5.91 Å². The number of hydrogen-bond donors (Lipinski definition) is 2. The first-order valence-corrected chi connectivity index (χ1v) is 9.75. The van der Waals surface area contributed by atoms with Crippen molar-refractivity contribution in [1.29, 1.82) is 0 Å². The molecule has 2 amide bonds. The first-order chi connectivity index (χ1) is 12.6. The molecule has 26 heavy (non-hydrogen) atoms. The van der Waals surface area contributed by atoms with E-state index in [1.54, 1.807) is 0 Å². The Hall–Kier alpha value is -2.30. The summed E-state index contributed by atoms with van der Waals surface area (Å²) in [4.78, 5) is 30.2. The van der Waals surface area contributed by atoms with Crippen molar-refractivity contribution in [1.82, 2.24) is 15.2 Å². The zero-order chi connectivity index (χ0) is 18.5. The number of nitrogens with one attached hydrogen (secondary N) is 2. The number of piperidine rings is 1. The van der Waals surface area contributed by atoms with Gasteiger partial charge in [0.1, 0.15) is 5.69 Å². The molecule has 0 spiro atoms. The number of benzene rings is 1. The lowest BCUT2D eigenvalue weighted by Crippen LogP contribution is -2.42. The number of aromatic nitrogens is 1. The minimum atomic E-state index is 0.0113. The topological polar surface area (TPSA) is 65.2 Å². The SMILES string of the molecule is CCCCNC(=O)C(C)C1CCN(C(=O)c2cc3ccccc3[nH]2)CC1. The van der Waals surface area contributed by atoms with E-state index in [1.165, 1.54) is 0 Å². The predicted molar refractivity (Wildman–Crippen MR) is 104 cm³/mol. The number of likely N-dealkylation sites (tertiary alicyclic amines) is 1. The van der Waals surface area contributed by atoms with Crippen molar-refractivity contribution in [2.24, 2.45) is 11.8 Å². The molecule has 2 heterocycles. The molecule has 5 nitrogen and oxygen atoms in total. The van der Waals surface area contributed by atoms with Crippen molar-refractivity contribution < 1.29 is 9.59 Å². The lowest BCUT2D eigenvalue weighted by atomic mass is 9.84. The number of amides is 2. The first-order valence-electron chi connectivity index (χ1n) is 9.75. The summed E-state index contributed by atoms with van der Waals surface area (Å²) in [5.74, 6) is 0.569. The Morgan fingerprint density at radius 3 is 2.69 bits per heavy atom. The molecule has 1 saturated heterocycles. The Morgan fingerprint density at radius 1 is 1.27 bits per heavy atom. The number of rotatable bonds is 6. The van der Waals surface area contributed by atoms with Crippen molar-refractivity contribution in [3.8, 4) is 0 Å². The molecule has 0 bridgehead atoms. The molecule has 3 rings (SSSR count). The van der Waals surface area contributed by atoms with E-state index < -0.39 is 0 Å². The Morgan fingerprint density at radius 2 is 2.00 bits per heavy atom. The van der Waals surface area contributed by atoms with E-state index in [9.17, 15) is 9.59 Å². The minimum absolute atomic E-state index is 0.0113. The molecule has 1 atom stereocenters. The molecule has 1 unspecified atom stereocenters. The van der Waals surface area contributed by atoms with Crippen LogP contribution in [-0.2, 0) is 4.79 Å². The van der Waals surface area contributed by atoms with Gasteiger partial charge >= 0.3 is 0 Å². The van der Waals surface area contributed by atoms with Crippen molar-refractivity contribution in [2.75, 3.05) is 19.6 Å². The summed E-state index contributed by atoms with van der Waals surface area (Å²) in [5, 5.41) is 4.09. The van der Waals surface area contributed by atoms with Crippen LogP contribution in [0.4, 0.5) is 0 Å². The van der Waals surface area contributed by atoms with Gasteiger partial charge in [-0.15, -0.1) is 0 Å². The second-order valence-corrected chi connectivity index (χ2v) is 7.33. The maximum atomic E-state index is 12.8. The van der Waals surface area contributed by atoms with Gasteiger partial charge in [0.25, 0.3) is 5.91 Å². The summed E-state index contributed by atoms with van der Waals surface area (Å²) in [6.07, 6.45) is 3.88. The average Bonchev–Trinajstić information content (AvgIpc) is 3.11. The average molecular weight is 355 g/mol. The van der Waals surface area contributed by atoms with Crippen molar-refractivity contribution in [2.45, 2.75) is 39.5 Å². The summed E-state index contributed by atoms with van der Waals surface area (Å²) in [5.41, 5.74) is 1.64. The van der Waals surface area contributed by atoms with Gasteiger partial charge < -0.3 is 15.2 Å². The molecule has 1 fully saturated rings. The molecule has 1 aliphatic heterocycles. The molecular weight excluding hydrogens is 326 g/mol. The second-order valence-electron chi connectivity index (χ2n) is 7.33. The number of unbranched alkanes of at least 4 members (excludes halogenated alkanes) is 1. The highest BCUT2D eigenvalue weighted by molar-refractivity contribution is 5.98. The summed E-state index contributed by atoms with van der Waals surface area (Å²) in [6.45, 7) is 6.32. The zero-order valence-electron chi connectivity index (χ0n) is 15.8. The van der Waals surface area contributed by atoms with Crippen LogP contribution in [-0.4, -0.2) is 41.3 Å². The lowest BCUT2D eigenvalue weighted by Gasteiger charge is -2.34. The van der Waals surface area contributed by atoms with E-state index in [2.05, 4.69) is 17.2 Å². The molecule has 1 aromatic carbocycles. The van der Waals surface area contributed by atoms with Gasteiger partial charge in [-0.2, -0.15) is 0 Å². The van der Waals surface area contributed by atoms with Crippen LogP contribution >= 0.6 is 0 Å². The second kappa shape index (κ2) is 8.39. The number of H-pyrrole nitrogens is 1. The van der Waals surface area contributed by atoms with Crippen LogP contribution in [0.5, 0.6) is 0 Å². The largest absolute Gasteiger partial charge is 0.356 e. The normalized spacial score (nSPS) is 16.6. The number of hydrogen-bond acceptors (Lipinski definition) is 2. The smallest absolute Gasteiger partial charge is 0.270 e. The van der Waals surface area contributed by atoms with Crippen LogP contribution in [0.15, 0.2) is 30.3 Å². The van der Waals surface area contributed by atoms with Crippen LogP contribution in [0.25, 0.3) is 10.9 Å². The Balaban J connectivity index is 1.54. The highest BCUT2D eigenvalue weighted by atomic mass is 16.2. The van der Waals surface area contributed by atoms with Gasteiger partial charge in [0.15, 0.2) is 0 Å². The van der Waals surface area contributed by atoms with Gasteiger partial charge in [0, 0.05) is 36.5 Å². The fourth-order valence-electron chi connectivity index (χ4n) is 3.72. The van der Waals surface area contributed by atoms with Crippen LogP contribution < -0.4 is 5.32 Å². The van der Waals surface area contributed by atoms with Gasteiger partial charge in [-0.25, -0.2) is 0 Å². The first kappa shape index (κ1) is 18.5. The minimum Gasteiger partial charge on any atom is -0.356 e. The van der Waals surface area contributed by atoms with E-state index in [0.717, 1.165) is 43.1 Å². The summed E-state index contributed by atoms with van der Waals surface area (Å²) in [6, 6.07) is 9.85. The molecule has 2 N–H and O–H groups in total. The van der Waals surface area contributed by atoms with E-state index in [0.29, 0.717) is 24.7 Å². The van der Waals surface area contributed by atoms with E-state index in [1.807, 2.05) is 42.2 Å². The summed E-state index contributed by atoms with van der Waals surface area (Å²) < 4.78 is 0. The standard InChI is InChI=1S/C21H29N3O2/c1-3-4-11-22-20(25)15(2)16-9-12-24(13-10-16)21(26)19-14-17-7-5-6-8-18(17)23-19/h5-8,14-16,23H,3-4,9-13H2,1-2H3,(H,22,25). The van der Waals surface area contributed by atoms with Crippen LogP contribution in [0.1, 0.15) is 50.0 Å². The molecule has 0 saturated carbocycles. The predicted octanol–water partition coefficient (Wildman–Crippen LogP) is 3.57. The molecule has 1 aromatic heterocycles. The van der Waals surface area contributed by atoms with Gasteiger partial charge in [-0.1, -0.05) is 38.5 Å². The molecule has 5 heteroatoms. The third-order valence-corrected chi connectivity index (χ3v) is 5.54. The van der Waals surface area contributed by atoms with Crippen LogP contribution in [0, 0.1) is 11.8 Å². The quantitative estimate of drug-likeness (QED) is 0.778. The fraction of sp³-hybridized carbons (Fsp3) is 0.524. The third-order valence-electron chi connectivity index (χ3n) is 5.54. The third kappa shape index (κ3) is 4.09. The number of para-hydroxylation sites is 1. The van der Waals surface area contributed by atoms with Crippen molar-refractivity contribution >= 4 is 22.7 Å². The van der Waals surface area contributed by atoms with Crippen molar-refractivity contribution in [3.05, 3.63) is 36.0 Å². The summed E-state index contributed by atoms with van der Waals surface area (Å²) in [7, 11) is 0. The Bertz CT molecular complexity index is 726. The molecule has 1 aliphatic rings. The molecule has 140 valence electrons. The highest BCUT2D eigenvalue weighted by Crippen LogP contribution is 2.26. The van der Waals surface area contributed by atoms with E-state index in [-0.39, 0.29) is 17.7 Å². The fourth-order valence-corrected chi connectivity index (χ4v) is 3.72. The molecule has 0 radical (unpaired) electrons. The van der Waals surface area contributed by atoms with E-state index in [4.69, 9.17) is 0 Å². The number of aromatic amines is 1.